The zero-order valence-electron chi connectivity index (χ0n) is 10.8. The first-order chi connectivity index (χ1) is 8.08. The lowest BCUT2D eigenvalue weighted by molar-refractivity contribution is 0.607. The van der Waals surface area contributed by atoms with E-state index in [1.54, 1.807) is 0 Å². The van der Waals surface area contributed by atoms with E-state index in [1.807, 2.05) is 0 Å². The molecular formula is C12H21N5. The van der Waals surface area contributed by atoms with Crippen molar-refractivity contribution < 1.29 is 0 Å². The van der Waals surface area contributed by atoms with Gasteiger partial charge in [-0.1, -0.05) is 13.8 Å². The van der Waals surface area contributed by atoms with Crippen molar-refractivity contribution in [1.82, 2.24) is 15.3 Å². The number of nitrogens with zero attached hydrogens (tertiary/aromatic N) is 3. The van der Waals surface area contributed by atoms with E-state index >= 15 is 0 Å². The van der Waals surface area contributed by atoms with Crippen molar-refractivity contribution >= 4 is 11.8 Å². The molecule has 2 heterocycles. The van der Waals surface area contributed by atoms with Crippen LogP contribution in [-0.4, -0.2) is 30.1 Å². The van der Waals surface area contributed by atoms with Gasteiger partial charge in [-0.25, -0.2) is 4.98 Å². The molecule has 1 aliphatic rings. The van der Waals surface area contributed by atoms with Gasteiger partial charge in [-0.2, -0.15) is 4.98 Å². The molecule has 1 aromatic heterocycles. The van der Waals surface area contributed by atoms with Crippen LogP contribution >= 0.6 is 0 Å². The molecule has 0 fully saturated rings. The molecule has 0 saturated carbocycles. The summed E-state index contributed by atoms with van der Waals surface area (Å²) in [7, 11) is 2.07. The van der Waals surface area contributed by atoms with E-state index in [-0.39, 0.29) is 0 Å². The lowest BCUT2D eigenvalue weighted by atomic mass is 10.1. The quantitative estimate of drug-likeness (QED) is 0.811. The van der Waals surface area contributed by atoms with E-state index in [0.29, 0.717) is 11.9 Å². The zero-order chi connectivity index (χ0) is 12.4. The van der Waals surface area contributed by atoms with Gasteiger partial charge in [0.1, 0.15) is 5.82 Å². The van der Waals surface area contributed by atoms with Gasteiger partial charge in [-0.3, -0.25) is 0 Å². The predicted octanol–water partition coefficient (Wildman–Crippen LogP) is 0.797. The fourth-order valence-electron chi connectivity index (χ4n) is 2.29. The van der Waals surface area contributed by atoms with Gasteiger partial charge in [0, 0.05) is 38.7 Å². The molecule has 5 heteroatoms. The molecule has 5 nitrogen and oxygen atoms in total. The van der Waals surface area contributed by atoms with Crippen LogP contribution in [0.2, 0.25) is 0 Å². The van der Waals surface area contributed by atoms with Gasteiger partial charge in [0.2, 0.25) is 5.95 Å². The fraction of sp³-hybridized carbons (Fsp3) is 0.667. The number of aromatic nitrogens is 2. The van der Waals surface area contributed by atoms with E-state index < -0.39 is 0 Å². The van der Waals surface area contributed by atoms with E-state index in [9.17, 15) is 0 Å². The number of nitrogen functional groups attached to an aromatic ring is 1. The molecule has 0 saturated heterocycles. The Morgan fingerprint density at radius 3 is 2.88 bits per heavy atom. The fourth-order valence-corrected chi connectivity index (χ4v) is 2.29. The van der Waals surface area contributed by atoms with Gasteiger partial charge >= 0.3 is 0 Å². The van der Waals surface area contributed by atoms with E-state index in [0.717, 1.165) is 37.6 Å². The SMILES string of the molecule is CC(C)CN(C)c1nc(N)nc2c1CNCC2. The first-order valence-electron chi connectivity index (χ1n) is 6.15. The smallest absolute Gasteiger partial charge is 0.222 e. The van der Waals surface area contributed by atoms with Crippen molar-refractivity contribution in [2.45, 2.75) is 26.8 Å². The maximum Gasteiger partial charge on any atom is 0.222 e. The van der Waals surface area contributed by atoms with Crippen LogP contribution in [0.15, 0.2) is 0 Å². The summed E-state index contributed by atoms with van der Waals surface area (Å²) < 4.78 is 0. The van der Waals surface area contributed by atoms with Gasteiger partial charge in [-0.15, -0.1) is 0 Å². The Labute approximate surface area is 102 Å². The summed E-state index contributed by atoms with van der Waals surface area (Å²) >= 11 is 0. The minimum absolute atomic E-state index is 0.385. The Hall–Kier alpha value is -1.36. The minimum atomic E-state index is 0.385. The van der Waals surface area contributed by atoms with Crippen LogP contribution in [0.3, 0.4) is 0 Å². The molecule has 0 spiro atoms. The molecular weight excluding hydrogens is 214 g/mol. The van der Waals surface area contributed by atoms with Crippen molar-refractivity contribution in [2.75, 3.05) is 30.8 Å². The predicted molar refractivity (Wildman–Crippen MR) is 70.0 cm³/mol. The topological polar surface area (TPSA) is 67.1 Å². The Bertz CT molecular complexity index is 402. The van der Waals surface area contributed by atoms with E-state index in [1.165, 1.54) is 5.56 Å². The second kappa shape index (κ2) is 4.87. The van der Waals surface area contributed by atoms with Crippen molar-refractivity contribution in [2.24, 2.45) is 5.92 Å². The van der Waals surface area contributed by atoms with E-state index in [4.69, 9.17) is 5.73 Å². The van der Waals surface area contributed by atoms with Crippen LogP contribution in [-0.2, 0) is 13.0 Å². The maximum atomic E-state index is 5.78. The molecule has 0 aromatic carbocycles. The van der Waals surface area contributed by atoms with Crippen molar-refractivity contribution in [1.29, 1.82) is 0 Å². The molecule has 2 rings (SSSR count). The molecule has 0 unspecified atom stereocenters. The van der Waals surface area contributed by atoms with Crippen molar-refractivity contribution in [3.63, 3.8) is 0 Å². The van der Waals surface area contributed by atoms with Crippen LogP contribution in [0, 0.1) is 5.92 Å². The van der Waals surface area contributed by atoms with Gasteiger partial charge in [0.15, 0.2) is 0 Å². The molecule has 3 N–H and O–H groups in total. The summed E-state index contributed by atoms with van der Waals surface area (Å²) in [4.78, 5) is 10.9. The number of anilines is 2. The first kappa shape index (κ1) is 12.1. The number of rotatable bonds is 3. The molecule has 0 aliphatic carbocycles. The van der Waals surface area contributed by atoms with Gasteiger partial charge in [-0.05, 0) is 5.92 Å². The summed E-state index contributed by atoms with van der Waals surface area (Å²) in [6, 6.07) is 0. The zero-order valence-corrected chi connectivity index (χ0v) is 10.8. The molecule has 0 amide bonds. The summed E-state index contributed by atoms with van der Waals surface area (Å²) in [6.45, 7) is 7.19. The Kier molecular flexibility index (Phi) is 3.47. The summed E-state index contributed by atoms with van der Waals surface area (Å²) in [5, 5.41) is 3.36. The lowest BCUT2D eigenvalue weighted by Gasteiger charge is -2.26. The molecule has 94 valence electrons. The molecule has 17 heavy (non-hydrogen) atoms. The van der Waals surface area contributed by atoms with Gasteiger partial charge in [0.25, 0.3) is 0 Å². The third kappa shape index (κ3) is 2.66. The average Bonchev–Trinajstić information content (AvgIpc) is 2.26. The minimum Gasteiger partial charge on any atom is -0.368 e. The number of hydrogen-bond acceptors (Lipinski definition) is 5. The van der Waals surface area contributed by atoms with Crippen LogP contribution in [0.1, 0.15) is 25.1 Å². The summed E-state index contributed by atoms with van der Waals surface area (Å²) in [6.07, 6.45) is 0.935. The number of fused-ring (bicyclic) bond motifs is 1. The summed E-state index contributed by atoms with van der Waals surface area (Å²) in [5.41, 5.74) is 8.08. The van der Waals surface area contributed by atoms with Crippen LogP contribution in [0.25, 0.3) is 0 Å². The highest BCUT2D eigenvalue weighted by Crippen LogP contribution is 2.23. The molecule has 1 aliphatic heterocycles. The van der Waals surface area contributed by atoms with E-state index in [2.05, 4.69) is 41.1 Å². The second-order valence-corrected chi connectivity index (χ2v) is 5.03. The third-order valence-corrected chi connectivity index (χ3v) is 2.93. The molecule has 0 bridgehead atoms. The first-order valence-corrected chi connectivity index (χ1v) is 6.15. The standard InChI is InChI=1S/C12H21N5/c1-8(2)7-17(3)11-9-6-14-5-4-10(9)15-12(13)16-11/h8,14H,4-7H2,1-3H3,(H2,13,15,16). The highest BCUT2D eigenvalue weighted by atomic mass is 15.2. The number of nitrogens with two attached hydrogens (primary N) is 1. The summed E-state index contributed by atoms with van der Waals surface area (Å²) in [5.74, 6) is 1.97. The van der Waals surface area contributed by atoms with Crippen LogP contribution in [0.4, 0.5) is 11.8 Å². The van der Waals surface area contributed by atoms with Crippen LogP contribution < -0.4 is 16.0 Å². The molecule has 1 aromatic rings. The Morgan fingerprint density at radius 1 is 1.41 bits per heavy atom. The normalized spacial score (nSPS) is 14.8. The monoisotopic (exact) mass is 235 g/mol. The molecule has 0 atom stereocenters. The second-order valence-electron chi connectivity index (χ2n) is 5.03. The maximum absolute atomic E-state index is 5.78. The van der Waals surface area contributed by atoms with Gasteiger partial charge in [0.05, 0.1) is 5.69 Å². The third-order valence-electron chi connectivity index (χ3n) is 2.93. The molecule has 0 radical (unpaired) electrons. The highest BCUT2D eigenvalue weighted by Gasteiger charge is 2.19. The average molecular weight is 235 g/mol. The van der Waals surface area contributed by atoms with Crippen molar-refractivity contribution in [3.8, 4) is 0 Å². The van der Waals surface area contributed by atoms with Gasteiger partial charge < -0.3 is 16.0 Å². The van der Waals surface area contributed by atoms with Crippen molar-refractivity contribution in [3.05, 3.63) is 11.3 Å². The lowest BCUT2D eigenvalue weighted by Crippen LogP contribution is -2.31. The highest BCUT2D eigenvalue weighted by molar-refractivity contribution is 5.52. The Balaban J connectivity index is 2.35. The van der Waals surface area contributed by atoms with Crippen LogP contribution in [0.5, 0.6) is 0 Å². The Morgan fingerprint density at radius 2 is 2.18 bits per heavy atom. The number of nitrogens with one attached hydrogen (secondary N) is 1. The number of hydrogen-bond donors (Lipinski definition) is 2. The largest absolute Gasteiger partial charge is 0.368 e.